The molecule has 7 nitrogen and oxygen atoms in total. The quantitative estimate of drug-likeness (QED) is 0.158. The van der Waals surface area contributed by atoms with Crippen LogP contribution in [0, 0.1) is 20.2 Å². The van der Waals surface area contributed by atoms with Gasteiger partial charge < -0.3 is 4.74 Å². The summed E-state index contributed by atoms with van der Waals surface area (Å²) in [6, 6.07) is 14.3. The van der Waals surface area contributed by atoms with Crippen molar-refractivity contribution in [1.29, 1.82) is 0 Å². The molecule has 4 rings (SSSR count). The summed E-state index contributed by atoms with van der Waals surface area (Å²) in [5, 5.41) is 22.9. The lowest BCUT2D eigenvalue weighted by Gasteiger charge is -2.18. The monoisotopic (exact) mass is 616 g/mol. The van der Waals surface area contributed by atoms with Crippen molar-refractivity contribution in [2.75, 3.05) is 0 Å². The van der Waals surface area contributed by atoms with Gasteiger partial charge in [0.1, 0.15) is 0 Å². The highest BCUT2D eigenvalue weighted by Gasteiger charge is 2.28. The number of nitrogens with zero attached hydrogens (tertiary/aromatic N) is 2. The van der Waals surface area contributed by atoms with E-state index in [0.29, 0.717) is 0 Å². The second-order valence-electron chi connectivity index (χ2n) is 7.37. The minimum atomic E-state index is -0.580. The van der Waals surface area contributed by atoms with E-state index < -0.39 is 9.85 Å². The molecule has 188 valence electrons. The second kappa shape index (κ2) is 10.9. The van der Waals surface area contributed by atoms with Crippen LogP contribution in [0.2, 0.25) is 30.1 Å². The van der Waals surface area contributed by atoms with Gasteiger partial charge in [-0.1, -0.05) is 93.9 Å². The Hall–Kier alpha value is -2.78. The number of halogens is 6. The standard InChI is InChI=1S/C24H10Cl6N2O5/c25-13-9-15(27)23(21(29)19(13)11-5-1-3-7-17(11)31(33)34)37-24-16(28)10-14(26)20(22(24)30)12-6-2-4-8-18(12)32(35)36/h1-10H. The molecule has 0 radical (unpaired) electrons. The highest BCUT2D eigenvalue weighted by atomic mass is 35.5. The molecule has 37 heavy (non-hydrogen) atoms. The SMILES string of the molecule is O=[N+]([O-])c1ccccc1-c1c(Cl)cc(Cl)c(Oc2c(Cl)cc(Cl)c(-c3ccccc3[N+](=O)[O-])c2Cl)c1Cl. The highest BCUT2D eigenvalue weighted by molar-refractivity contribution is 6.45. The number of hydrogen-bond donors (Lipinski definition) is 0. The number of nitro groups is 2. The van der Waals surface area contributed by atoms with Gasteiger partial charge in [0.05, 0.1) is 51.1 Å². The summed E-state index contributed by atoms with van der Waals surface area (Å²) in [6.07, 6.45) is 0. The third-order valence-electron chi connectivity index (χ3n) is 5.20. The topological polar surface area (TPSA) is 95.5 Å². The van der Waals surface area contributed by atoms with Crippen LogP contribution in [0.1, 0.15) is 0 Å². The van der Waals surface area contributed by atoms with Gasteiger partial charge in [-0.2, -0.15) is 0 Å². The molecule has 0 bridgehead atoms. The summed E-state index contributed by atoms with van der Waals surface area (Å²) >= 11 is 38.7. The summed E-state index contributed by atoms with van der Waals surface area (Å²) in [5.74, 6) is -0.305. The lowest BCUT2D eigenvalue weighted by Crippen LogP contribution is -1.97. The number of benzene rings is 4. The van der Waals surface area contributed by atoms with Gasteiger partial charge in [-0.05, 0) is 24.3 Å². The first kappa shape index (κ1) is 27.3. The van der Waals surface area contributed by atoms with Crippen molar-refractivity contribution >= 4 is 81.0 Å². The van der Waals surface area contributed by atoms with Crippen molar-refractivity contribution < 1.29 is 14.6 Å². The fourth-order valence-electron chi connectivity index (χ4n) is 3.62. The Bertz CT molecular complexity index is 1480. The third-order valence-corrected chi connectivity index (χ3v) is 7.08. The van der Waals surface area contributed by atoms with Gasteiger partial charge in [0.25, 0.3) is 11.4 Å². The number of ether oxygens (including phenoxy) is 1. The van der Waals surface area contributed by atoms with Gasteiger partial charge >= 0.3 is 0 Å². The van der Waals surface area contributed by atoms with Crippen molar-refractivity contribution in [3.05, 3.63) is 111 Å². The molecule has 0 saturated heterocycles. The molecule has 4 aromatic carbocycles. The van der Waals surface area contributed by atoms with E-state index >= 15 is 0 Å². The van der Waals surface area contributed by atoms with E-state index in [-0.39, 0.29) is 75.3 Å². The zero-order chi connectivity index (χ0) is 27.0. The van der Waals surface area contributed by atoms with Gasteiger partial charge in [-0.25, -0.2) is 0 Å². The zero-order valence-corrected chi connectivity index (χ0v) is 22.5. The first-order valence-corrected chi connectivity index (χ1v) is 12.3. The van der Waals surface area contributed by atoms with E-state index in [1.807, 2.05) is 0 Å². The van der Waals surface area contributed by atoms with Gasteiger partial charge in [0.15, 0.2) is 11.5 Å². The van der Waals surface area contributed by atoms with Crippen LogP contribution >= 0.6 is 69.6 Å². The van der Waals surface area contributed by atoms with Crippen molar-refractivity contribution in [3.63, 3.8) is 0 Å². The van der Waals surface area contributed by atoms with Gasteiger partial charge in [-0.3, -0.25) is 20.2 Å². The molecule has 13 heteroatoms. The maximum Gasteiger partial charge on any atom is 0.277 e. The van der Waals surface area contributed by atoms with E-state index in [0.717, 1.165) is 0 Å². The van der Waals surface area contributed by atoms with Crippen LogP contribution in [-0.2, 0) is 0 Å². The average molecular weight is 619 g/mol. The van der Waals surface area contributed by atoms with E-state index in [2.05, 4.69) is 0 Å². The normalized spacial score (nSPS) is 10.9. The zero-order valence-electron chi connectivity index (χ0n) is 18.0. The Morgan fingerprint density at radius 2 is 0.919 bits per heavy atom. The molecule has 0 aliphatic heterocycles. The maximum atomic E-state index is 11.6. The number of nitro benzene ring substituents is 2. The number of hydrogen-bond acceptors (Lipinski definition) is 5. The molecule has 0 heterocycles. The molecular formula is C24H10Cl6N2O5. The molecule has 0 N–H and O–H groups in total. The molecule has 0 atom stereocenters. The minimum Gasteiger partial charge on any atom is -0.451 e. The highest BCUT2D eigenvalue weighted by Crippen LogP contribution is 2.52. The van der Waals surface area contributed by atoms with Crippen molar-refractivity contribution in [1.82, 2.24) is 0 Å². The summed E-state index contributed by atoms with van der Waals surface area (Å²) < 4.78 is 5.95. The Morgan fingerprint density at radius 1 is 0.568 bits per heavy atom. The summed E-state index contributed by atoms with van der Waals surface area (Å²) in [7, 11) is 0. The van der Waals surface area contributed by atoms with E-state index in [4.69, 9.17) is 74.3 Å². The fraction of sp³-hybridized carbons (Fsp3) is 0. The van der Waals surface area contributed by atoms with Crippen molar-refractivity contribution in [2.24, 2.45) is 0 Å². The molecule has 0 aliphatic rings. The maximum absolute atomic E-state index is 11.6. The molecule has 0 amide bonds. The molecule has 0 unspecified atom stereocenters. The van der Waals surface area contributed by atoms with Gasteiger partial charge in [0, 0.05) is 23.3 Å². The number of rotatable bonds is 6. The minimum absolute atomic E-state index is 0.0329. The van der Waals surface area contributed by atoms with Crippen LogP contribution in [0.3, 0.4) is 0 Å². The van der Waals surface area contributed by atoms with E-state index in [1.54, 1.807) is 12.1 Å². The Kier molecular flexibility index (Phi) is 8.04. The fourth-order valence-corrected chi connectivity index (χ4v) is 5.70. The van der Waals surface area contributed by atoms with Crippen LogP contribution in [0.4, 0.5) is 11.4 Å². The van der Waals surface area contributed by atoms with Crippen LogP contribution < -0.4 is 4.74 Å². The molecule has 0 aromatic heterocycles. The summed E-state index contributed by atoms with van der Waals surface area (Å²) in [5.41, 5.74) is -0.0669. The Morgan fingerprint density at radius 3 is 1.27 bits per heavy atom. The largest absolute Gasteiger partial charge is 0.451 e. The van der Waals surface area contributed by atoms with Crippen LogP contribution in [-0.4, -0.2) is 9.85 Å². The predicted octanol–water partition coefficient (Wildman–Crippen LogP) is 10.5. The Labute approximate surface area is 239 Å². The predicted molar refractivity (Wildman–Crippen MR) is 147 cm³/mol. The molecule has 0 spiro atoms. The molecule has 0 aliphatic carbocycles. The second-order valence-corrected chi connectivity index (χ2v) is 9.75. The molecular weight excluding hydrogens is 609 g/mol. The van der Waals surface area contributed by atoms with Crippen LogP contribution in [0.25, 0.3) is 22.3 Å². The summed E-state index contributed by atoms with van der Waals surface area (Å²) in [4.78, 5) is 22.0. The van der Waals surface area contributed by atoms with Crippen LogP contribution in [0.15, 0.2) is 60.7 Å². The first-order valence-electron chi connectivity index (χ1n) is 10.0. The Balaban J connectivity index is 1.93. The lowest BCUT2D eigenvalue weighted by molar-refractivity contribution is -0.384. The van der Waals surface area contributed by atoms with Crippen molar-refractivity contribution in [3.8, 4) is 33.8 Å². The number of para-hydroxylation sites is 2. The first-order chi connectivity index (χ1) is 17.5. The van der Waals surface area contributed by atoms with Gasteiger partial charge in [-0.15, -0.1) is 0 Å². The summed E-state index contributed by atoms with van der Waals surface area (Å²) in [6.45, 7) is 0. The van der Waals surface area contributed by atoms with Crippen LogP contribution in [0.5, 0.6) is 11.5 Å². The van der Waals surface area contributed by atoms with E-state index in [9.17, 15) is 20.2 Å². The third kappa shape index (κ3) is 5.16. The van der Waals surface area contributed by atoms with E-state index in [1.165, 1.54) is 48.5 Å². The lowest BCUT2D eigenvalue weighted by atomic mass is 10.0. The van der Waals surface area contributed by atoms with Crippen molar-refractivity contribution in [2.45, 2.75) is 0 Å². The molecule has 0 fully saturated rings. The molecule has 4 aromatic rings. The van der Waals surface area contributed by atoms with Gasteiger partial charge in [0.2, 0.25) is 0 Å². The molecule has 0 saturated carbocycles. The smallest absolute Gasteiger partial charge is 0.277 e. The average Bonchev–Trinajstić information content (AvgIpc) is 2.83.